The Morgan fingerprint density at radius 1 is 0.430 bits per heavy atom. The molecule has 496 valence electrons. The third kappa shape index (κ3) is 47.4. The molecule has 0 aromatic rings. The van der Waals surface area contributed by atoms with E-state index in [1.807, 2.05) is 0 Å². The van der Waals surface area contributed by atoms with Crippen LogP contribution < -0.4 is 26.6 Å². The van der Waals surface area contributed by atoms with E-state index in [9.17, 15) is 78.0 Å². The number of amides is 4. The monoisotopic (exact) mass is 1230 g/mol. The number of hydrogen-bond acceptors (Lipinski definition) is 18. The van der Waals surface area contributed by atoms with Crippen molar-refractivity contribution in [3.63, 3.8) is 0 Å². The number of Topliss-reactive ketones (excluding diaryl/α,β-unsaturated/α-hetero) is 4. The summed E-state index contributed by atoms with van der Waals surface area (Å²) < 4.78 is 21.4. The number of aliphatic hydroxyl groups is 1. The van der Waals surface area contributed by atoms with Crippen molar-refractivity contribution < 1.29 is 103 Å². The molecule has 0 rings (SSSR count). The highest BCUT2D eigenvalue weighted by Gasteiger charge is 2.26. The Morgan fingerprint density at radius 3 is 1.45 bits per heavy atom. The second-order valence-electron chi connectivity index (χ2n) is 21.9. The fourth-order valence-electron chi connectivity index (χ4n) is 8.95. The van der Waals surface area contributed by atoms with Crippen LogP contribution >= 0.6 is 0 Å². The number of ketones is 4. The van der Waals surface area contributed by atoms with Gasteiger partial charge in [-0.25, -0.2) is 9.59 Å². The smallest absolute Gasteiger partial charge is 0.326 e. The number of aliphatic carboxylic acids is 4. The number of carboxylic acids is 4. The molecule has 0 aromatic heterocycles. The van der Waals surface area contributed by atoms with Gasteiger partial charge in [-0.3, -0.25) is 53.3 Å². The molecule has 26 heteroatoms. The Kier molecular flexibility index (Phi) is 48.8. The van der Waals surface area contributed by atoms with Crippen molar-refractivity contribution in [1.82, 2.24) is 26.6 Å². The molecular weight excluding hydrogens is 1130 g/mol. The van der Waals surface area contributed by atoms with Gasteiger partial charge in [0.1, 0.15) is 42.6 Å². The largest absolute Gasteiger partial charge is 0.481 e. The summed E-state index contributed by atoms with van der Waals surface area (Å²) in [5, 5.41) is 60.1. The van der Waals surface area contributed by atoms with Gasteiger partial charge in [-0.15, -0.1) is 0 Å². The number of hydrogen-bond donors (Lipinski definition) is 10. The van der Waals surface area contributed by atoms with Crippen LogP contribution in [-0.2, 0) is 76.5 Å². The number of carbonyl (C=O) groups excluding carboxylic acids is 8. The standard InChI is InChI=1S/C60H103N5O21.H2/c1-43(51(70)40-63-57(44(2)66)45(3)67)21-18-19-31-61-53(72)30-28-50(60(81)82)65-55(74)42-86-38-35-83-33-20-22-48(69)41-85-37-36-84-34-32-62-52(71)29-25-46(58(77)78)39-47(68)26-27-49(59(79)80)64-54(73)23-16-14-12-10-8-6-4-5-7-9-11-13-15-17-24-56(75)76;/h43-44,46,49-50,57,63,66H,4-42H2,1-3H3,(H,61,72)(H,62,71)(H,64,73)(H,65,74)(H,75,76)(H,77,78)(H,79,80)(H,81,82);1H/t43-,44+,46+,49-,50-,57-;/m0./s1. The number of carbonyl (C=O) groups is 12. The molecule has 0 aliphatic carbocycles. The molecule has 4 amide bonds. The van der Waals surface area contributed by atoms with E-state index < -0.39 is 96.5 Å². The minimum Gasteiger partial charge on any atom is -0.481 e. The summed E-state index contributed by atoms with van der Waals surface area (Å²) in [5.74, 6) is -9.08. The van der Waals surface area contributed by atoms with Crippen molar-refractivity contribution in [2.24, 2.45) is 11.8 Å². The Bertz CT molecular complexity index is 2010. The van der Waals surface area contributed by atoms with Crippen LogP contribution in [0.3, 0.4) is 0 Å². The van der Waals surface area contributed by atoms with Crippen LogP contribution in [-0.4, -0.2) is 193 Å². The number of rotatable bonds is 61. The van der Waals surface area contributed by atoms with Crippen LogP contribution in [0, 0.1) is 11.8 Å². The summed E-state index contributed by atoms with van der Waals surface area (Å²) in [4.78, 5) is 144. The summed E-state index contributed by atoms with van der Waals surface area (Å²) in [7, 11) is 0. The molecule has 0 bridgehead atoms. The van der Waals surface area contributed by atoms with Gasteiger partial charge in [-0.1, -0.05) is 90.4 Å². The molecule has 0 fully saturated rings. The van der Waals surface area contributed by atoms with E-state index in [4.69, 9.17) is 24.1 Å². The van der Waals surface area contributed by atoms with E-state index in [0.717, 1.165) is 57.8 Å². The zero-order valence-corrected chi connectivity index (χ0v) is 51.3. The molecule has 0 unspecified atom stereocenters. The van der Waals surface area contributed by atoms with Gasteiger partial charge in [0.25, 0.3) is 0 Å². The van der Waals surface area contributed by atoms with Gasteiger partial charge in [0.2, 0.25) is 23.6 Å². The zero-order chi connectivity index (χ0) is 64.3. The fourth-order valence-corrected chi connectivity index (χ4v) is 8.95. The number of ether oxygens (including phenoxy) is 4. The maximum Gasteiger partial charge on any atom is 0.326 e. The van der Waals surface area contributed by atoms with Crippen LogP contribution in [0.2, 0.25) is 0 Å². The maximum atomic E-state index is 12.7. The molecule has 0 aliphatic heterocycles. The van der Waals surface area contributed by atoms with E-state index >= 15 is 0 Å². The number of aliphatic hydroxyl groups excluding tert-OH is 1. The first-order valence-corrected chi connectivity index (χ1v) is 30.8. The number of carboxylic acid groups (broad SMARTS) is 4. The van der Waals surface area contributed by atoms with Crippen molar-refractivity contribution in [1.29, 1.82) is 0 Å². The highest BCUT2D eigenvalue weighted by molar-refractivity contribution is 5.88. The van der Waals surface area contributed by atoms with Crippen molar-refractivity contribution in [2.75, 3.05) is 72.5 Å². The van der Waals surface area contributed by atoms with Crippen molar-refractivity contribution in [2.45, 2.75) is 225 Å². The quantitative estimate of drug-likeness (QED) is 0.0370. The van der Waals surface area contributed by atoms with Gasteiger partial charge in [0.15, 0.2) is 5.78 Å². The van der Waals surface area contributed by atoms with Crippen LogP contribution in [0.15, 0.2) is 0 Å². The van der Waals surface area contributed by atoms with E-state index in [0.29, 0.717) is 38.6 Å². The lowest BCUT2D eigenvalue weighted by Gasteiger charge is -2.19. The van der Waals surface area contributed by atoms with Crippen LogP contribution in [0.5, 0.6) is 0 Å². The van der Waals surface area contributed by atoms with E-state index in [1.54, 1.807) is 6.92 Å². The fraction of sp³-hybridized carbons (Fsp3) is 0.800. The van der Waals surface area contributed by atoms with Gasteiger partial charge < -0.3 is 65.7 Å². The zero-order valence-electron chi connectivity index (χ0n) is 51.3. The summed E-state index contributed by atoms with van der Waals surface area (Å²) >= 11 is 0. The summed E-state index contributed by atoms with van der Waals surface area (Å²) in [6.45, 7) is 5.05. The normalized spacial score (nSPS) is 13.3. The van der Waals surface area contributed by atoms with Crippen molar-refractivity contribution in [3.05, 3.63) is 0 Å². The Labute approximate surface area is 508 Å². The molecule has 0 spiro atoms. The predicted octanol–water partition coefficient (Wildman–Crippen LogP) is 4.65. The lowest BCUT2D eigenvalue weighted by atomic mass is 9.94. The molecule has 0 radical (unpaired) electrons. The topological polar surface area (TPSA) is 403 Å². The minimum absolute atomic E-state index is 0. The van der Waals surface area contributed by atoms with E-state index in [2.05, 4.69) is 26.6 Å². The SMILES string of the molecule is CC(=O)[C@@H](NCC(=O)[C@@H](C)CCCCNC(=O)CC[C@H](NC(=O)COCCOCCCC(=O)COCCOCCNC(=O)CC[C@H](CC(=O)CC[C@H](NC(=O)CCCCCCCCCCCCCCCCC(=O)O)C(=O)O)C(=O)O)C(=O)O)[C@@H](C)O.[HH]. The number of nitrogens with one attached hydrogen (secondary N) is 5. The maximum absolute atomic E-state index is 12.7. The second-order valence-corrected chi connectivity index (χ2v) is 21.9. The highest BCUT2D eigenvalue weighted by Crippen LogP contribution is 2.17. The third-order valence-corrected chi connectivity index (χ3v) is 14.1. The Hall–Kier alpha value is -5.80. The Morgan fingerprint density at radius 2 is 0.919 bits per heavy atom. The first kappa shape index (κ1) is 80.2. The third-order valence-electron chi connectivity index (χ3n) is 14.1. The summed E-state index contributed by atoms with van der Waals surface area (Å²) in [6.07, 6.45) is 14.8. The molecule has 26 nitrogen and oxygen atoms in total. The van der Waals surface area contributed by atoms with E-state index in [-0.39, 0.29) is 142 Å². The molecule has 10 N–H and O–H groups in total. The number of unbranched alkanes of at least 4 members (excludes halogenated alkanes) is 14. The lowest BCUT2D eigenvalue weighted by Crippen LogP contribution is -2.46. The Balaban J connectivity index is 0. The first-order chi connectivity index (χ1) is 41.0. The van der Waals surface area contributed by atoms with Crippen LogP contribution in [0.4, 0.5) is 0 Å². The molecule has 0 aliphatic rings. The van der Waals surface area contributed by atoms with Gasteiger partial charge in [0, 0.05) is 72.0 Å². The van der Waals surface area contributed by atoms with Gasteiger partial charge in [-0.2, -0.15) is 0 Å². The molecular formula is C60H105N5O21. The molecule has 0 saturated heterocycles. The molecule has 0 aromatic carbocycles. The molecule has 6 atom stereocenters. The first-order valence-electron chi connectivity index (χ1n) is 30.8. The summed E-state index contributed by atoms with van der Waals surface area (Å²) in [5.41, 5.74) is 0. The van der Waals surface area contributed by atoms with Crippen molar-refractivity contribution >= 4 is 70.6 Å². The van der Waals surface area contributed by atoms with Crippen molar-refractivity contribution in [3.8, 4) is 0 Å². The lowest BCUT2D eigenvalue weighted by molar-refractivity contribution is -0.145. The van der Waals surface area contributed by atoms with Crippen LogP contribution in [0.25, 0.3) is 0 Å². The average molecular weight is 1230 g/mol. The molecule has 0 heterocycles. The van der Waals surface area contributed by atoms with Crippen LogP contribution in [0.1, 0.15) is 202 Å². The van der Waals surface area contributed by atoms with Gasteiger partial charge in [-0.05, 0) is 65.2 Å². The molecule has 86 heavy (non-hydrogen) atoms. The molecule has 0 saturated carbocycles. The second kappa shape index (κ2) is 52.3. The van der Waals surface area contributed by atoms with Gasteiger partial charge in [0.05, 0.1) is 57.6 Å². The summed E-state index contributed by atoms with van der Waals surface area (Å²) in [6, 6.07) is -3.43. The van der Waals surface area contributed by atoms with Gasteiger partial charge >= 0.3 is 23.9 Å². The predicted molar refractivity (Wildman–Crippen MR) is 317 cm³/mol. The minimum atomic E-state index is -1.32. The highest BCUT2D eigenvalue weighted by atomic mass is 16.5. The average Bonchev–Trinajstić information content (AvgIpc) is 3.64. The van der Waals surface area contributed by atoms with E-state index in [1.165, 1.54) is 39.5 Å².